The summed E-state index contributed by atoms with van der Waals surface area (Å²) in [5.41, 5.74) is 6.70. The first-order valence-electron chi connectivity index (χ1n) is 13.8. The SMILES string of the molecule is CCC(O)(/C=C/c1ccc(C(CC)(CC)c2ccc(-c3cc(F)cc(CCOOC)c3)cc2)cc1C)CC. The number of aryl methyl sites for hydroxylation is 1. The van der Waals surface area contributed by atoms with Crippen molar-refractivity contribution >= 4 is 6.08 Å². The van der Waals surface area contributed by atoms with E-state index in [-0.39, 0.29) is 11.2 Å². The van der Waals surface area contributed by atoms with Gasteiger partial charge in [0.15, 0.2) is 0 Å². The van der Waals surface area contributed by atoms with Gasteiger partial charge in [-0.15, -0.1) is 0 Å². The smallest absolute Gasteiger partial charge is 0.124 e. The lowest BCUT2D eigenvalue weighted by Gasteiger charge is -2.34. The van der Waals surface area contributed by atoms with Crippen LogP contribution in [-0.4, -0.2) is 24.4 Å². The zero-order valence-electron chi connectivity index (χ0n) is 23.8. The van der Waals surface area contributed by atoms with Crippen LogP contribution in [0.2, 0.25) is 0 Å². The molecule has 0 aliphatic carbocycles. The maximum Gasteiger partial charge on any atom is 0.124 e. The van der Waals surface area contributed by atoms with Crippen molar-refractivity contribution in [2.24, 2.45) is 0 Å². The van der Waals surface area contributed by atoms with Gasteiger partial charge in [0.05, 0.1) is 19.3 Å². The van der Waals surface area contributed by atoms with Crippen LogP contribution >= 0.6 is 0 Å². The lowest BCUT2D eigenvalue weighted by molar-refractivity contribution is -0.271. The second-order valence-corrected chi connectivity index (χ2v) is 10.2. The van der Waals surface area contributed by atoms with E-state index < -0.39 is 5.60 Å². The first-order chi connectivity index (χ1) is 18.2. The third kappa shape index (κ3) is 6.79. The number of hydrogen-bond acceptors (Lipinski definition) is 3. The Bertz CT molecular complexity index is 1200. The molecule has 0 fully saturated rings. The standard InChI is InChI=1S/C34H43FO3/c1-7-33(36,8-2)19-17-27-11-16-31(21-25(27)5)34(9-3,10-4)30-14-12-28(13-15-30)29-22-26(18-20-38-37-6)23-32(35)24-29/h11-17,19,21-24,36H,7-10,18,20H2,1-6H3/b19-17+. The van der Waals surface area contributed by atoms with Crippen molar-refractivity contribution in [1.29, 1.82) is 0 Å². The molecule has 0 amide bonds. The number of benzene rings is 3. The number of aliphatic hydroxyl groups is 1. The molecule has 0 spiro atoms. The van der Waals surface area contributed by atoms with Crippen molar-refractivity contribution in [1.82, 2.24) is 0 Å². The molecule has 3 nitrogen and oxygen atoms in total. The van der Waals surface area contributed by atoms with Gasteiger partial charge in [0.25, 0.3) is 0 Å². The van der Waals surface area contributed by atoms with Crippen LogP contribution in [0.1, 0.15) is 81.2 Å². The Kier molecular flexibility index (Phi) is 10.4. The first-order valence-corrected chi connectivity index (χ1v) is 13.8. The van der Waals surface area contributed by atoms with Crippen LogP contribution in [0.15, 0.2) is 66.7 Å². The quantitative estimate of drug-likeness (QED) is 0.140. The molecular weight excluding hydrogens is 475 g/mol. The van der Waals surface area contributed by atoms with Gasteiger partial charge in [0, 0.05) is 5.41 Å². The molecule has 0 atom stereocenters. The predicted octanol–water partition coefficient (Wildman–Crippen LogP) is 8.59. The fraction of sp³-hybridized carbons (Fsp3) is 0.412. The van der Waals surface area contributed by atoms with E-state index in [9.17, 15) is 9.50 Å². The fourth-order valence-electron chi connectivity index (χ4n) is 5.31. The van der Waals surface area contributed by atoms with Crippen molar-refractivity contribution < 1.29 is 19.3 Å². The van der Waals surface area contributed by atoms with Crippen LogP contribution in [0.5, 0.6) is 0 Å². The summed E-state index contributed by atoms with van der Waals surface area (Å²) in [6, 6.07) is 20.4. The van der Waals surface area contributed by atoms with E-state index >= 15 is 0 Å². The van der Waals surface area contributed by atoms with Crippen LogP contribution in [-0.2, 0) is 21.6 Å². The number of halogens is 1. The van der Waals surface area contributed by atoms with Gasteiger partial charge in [-0.25, -0.2) is 14.2 Å². The van der Waals surface area contributed by atoms with Crippen LogP contribution < -0.4 is 0 Å². The molecule has 0 heterocycles. The molecule has 38 heavy (non-hydrogen) atoms. The minimum Gasteiger partial charge on any atom is -0.386 e. The second kappa shape index (κ2) is 13.3. The second-order valence-electron chi connectivity index (χ2n) is 10.2. The summed E-state index contributed by atoms with van der Waals surface area (Å²) in [6.45, 7) is 11.0. The Morgan fingerprint density at radius 3 is 2.05 bits per heavy atom. The molecule has 0 aliphatic heterocycles. The largest absolute Gasteiger partial charge is 0.386 e. The summed E-state index contributed by atoms with van der Waals surface area (Å²) in [4.78, 5) is 9.61. The van der Waals surface area contributed by atoms with Gasteiger partial charge < -0.3 is 5.11 Å². The van der Waals surface area contributed by atoms with Crippen molar-refractivity contribution in [2.45, 2.75) is 77.7 Å². The van der Waals surface area contributed by atoms with Crippen LogP contribution in [0.25, 0.3) is 17.2 Å². The van der Waals surface area contributed by atoms with Crippen LogP contribution in [0.4, 0.5) is 4.39 Å². The molecule has 3 aromatic carbocycles. The highest BCUT2D eigenvalue weighted by Crippen LogP contribution is 2.40. The first kappa shape index (κ1) is 29.8. The zero-order chi connectivity index (χ0) is 27.8. The summed E-state index contributed by atoms with van der Waals surface area (Å²) in [5, 5.41) is 10.7. The molecule has 0 saturated heterocycles. The molecular formula is C34H43FO3. The average Bonchev–Trinajstić information content (AvgIpc) is 2.93. The summed E-state index contributed by atoms with van der Waals surface area (Å²) in [5.74, 6) is -0.253. The molecule has 0 unspecified atom stereocenters. The van der Waals surface area contributed by atoms with Crippen molar-refractivity contribution in [3.05, 3.63) is 100 Å². The van der Waals surface area contributed by atoms with Crippen LogP contribution in [0.3, 0.4) is 0 Å². The molecule has 3 aromatic rings. The van der Waals surface area contributed by atoms with Crippen molar-refractivity contribution in [3.63, 3.8) is 0 Å². The highest BCUT2D eigenvalue weighted by atomic mass is 19.1. The Labute approximate surface area is 228 Å². The minimum absolute atomic E-state index is 0.121. The van der Waals surface area contributed by atoms with E-state index in [1.165, 1.54) is 23.8 Å². The zero-order valence-corrected chi connectivity index (χ0v) is 23.8. The van der Waals surface area contributed by atoms with Gasteiger partial charge in [-0.05, 0) is 90.1 Å². The molecule has 4 heteroatoms. The highest BCUT2D eigenvalue weighted by Gasteiger charge is 2.31. The maximum atomic E-state index is 14.4. The molecule has 0 saturated carbocycles. The minimum atomic E-state index is -0.760. The predicted molar refractivity (Wildman–Crippen MR) is 156 cm³/mol. The lowest BCUT2D eigenvalue weighted by atomic mass is 9.70. The molecule has 0 aliphatic rings. The molecule has 0 bridgehead atoms. The maximum absolute atomic E-state index is 14.4. The summed E-state index contributed by atoms with van der Waals surface area (Å²) >= 11 is 0. The van der Waals surface area contributed by atoms with Gasteiger partial charge in [0.2, 0.25) is 0 Å². The molecule has 204 valence electrons. The third-order valence-electron chi connectivity index (χ3n) is 8.15. The Morgan fingerprint density at radius 2 is 1.47 bits per heavy atom. The number of hydrogen-bond donors (Lipinski definition) is 1. The Hall–Kier alpha value is -2.79. The Balaban J connectivity index is 1.92. The monoisotopic (exact) mass is 518 g/mol. The molecule has 0 aromatic heterocycles. The van der Waals surface area contributed by atoms with E-state index in [1.807, 2.05) is 26.0 Å². The lowest BCUT2D eigenvalue weighted by Crippen LogP contribution is -2.26. The Morgan fingerprint density at radius 1 is 0.816 bits per heavy atom. The topological polar surface area (TPSA) is 38.7 Å². The molecule has 0 radical (unpaired) electrons. The van der Waals surface area contributed by atoms with Crippen molar-refractivity contribution in [2.75, 3.05) is 13.7 Å². The number of rotatable bonds is 13. The van der Waals surface area contributed by atoms with E-state index in [1.54, 1.807) is 12.1 Å². The summed E-state index contributed by atoms with van der Waals surface area (Å²) in [6.07, 6.45) is 7.88. The van der Waals surface area contributed by atoms with E-state index in [0.29, 0.717) is 25.9 Å². The summed E-state index contributed by atoms with van der Waals surface area (Å²) < 4.78 is 14.4. The van der Waals surface area contributed by atoms with Gasteiger partial charge in [-0.1, -0.05) is 88.4 Å². The third-order valence-corrected chi connectivity index (χ3v) is 8.15. The van der Waals surface area contributed by atoms with Gasteiger partial charge in [-0.2, -0.15) is 0 Å². The van der Waals surface area contributed by atoms with Crippen LogP contribution in [0, 0.1) is 12.7 Å². The fourth-order valence-corrected chi connectivity index (χ4v) is 5.31. The highest BCUT2D eigenvalue weighted by molar-refractivity contribution is 5.65. The normalized spacial score (nSPS) is 12.4. The molecule has 3 rings (SSSR count). The van der Waals surface area contributed by atoms with Gasteiger partial charge >= 0.3 is 0 Å². The van der Waals surface area contributed by atoms with Gasteiger partial charge in [-0.3, -0.25) is 0 Å². The molecule has 1 N–H and O–H groups in total. The van der Waals surface area contributed by atoms with E-state index in [4.69, 9.17) is 4.89 Å². The van der Waals surface area contributed by atoms with E-state index in [2.05, 4.69) is 74.2 Å². The van der Waals surface area contributed by atoms with Crippen molar-refractivity contribution in [3.8, 4) is 11.1 Å². The van der Waals surface area contributed by atoms with E-state index in [0.717, 1.165) is 35.1 Å². The van der Waals surface area contributed by atoms with Gasteiger partial charge in [0.1, 0.15) is 5.82 Å². The average molecular weight is 519 g/mol. The summed E-state index contributed by atoms with van der Waals surface area (Å²) in [7, 11) is 1.47.